The first-order valence-electron chi connectivity index (χ1n) is 6.31. The molecule has 84 valence electrons. The molecule has 0 aromatic heterocycles. The molecule has 0 aliphatic rings. The van der Waals surface area contributed by atoms with Gasteiger partial charge in [-0.2, -0.15) is 0 Å². The van der Waals surface area contributed by atoms with Gasteiger partial charge in [0.2, 0.25) is 0 Å². The van der Waals surface area contributed by atoms with E-state index in [9.17, 15) is 0 Å². The van der Waals surface area contributed by atoms with Crippen molar-refractivity contribution < 1.29 is 0 Å². The molecule has 0 saturated carbocycles. The highest BCUT2D eigenvalue weighted by atomic mass is 14.1. The lowest BCUT2D eigenvalue weighted by molar-refractivity contribution is 0.413. The molecule has 0 heteroatoms. The Kier molecular flexibility index (Phi) is 9.13. The largest absolute Gasteiger partial charge is 0.103 e. The molecule has 0 radical (unpaired) electrons. The molecule has 0 amide bonds. The Bertz CT molecular complexity index is 126. The zero-order valence-electron chi connectivity index (χ0n) is 10.4. The minimum Gasteiger partial charge on any atom is -0.103 e. The second kappa shape index (κ2) is 9.30. The van der Waals surface area contributed by atoms with E-state index < -0.39 is 0 Å². The van der Waals surface area contributed by atoms with E-state index in [1.165, 1.54) is 44.9 Å². The van der Waals surface area contributed by atoms with E-state index in [1.54, 1.807) is 0 Å². The second-order valence-corrected chi connectivity index (χ2v) is 4.77. The minimum atomic E-state index is 0.916. The van der Waals surface area contributed by atoms with Gasteiger partial charge in [-0.25, -0.2) is 0 Å². The van der Waals surface area contributed by atoms with Crippen LogP contribution in [0.25, 0.3) is 0 Å². The summed E-state index contributed by atoms with van der Waals surface area (Å²) >= 11 is 0. The first-order chi connectivity index (χ1) is 6.70. The normalized spacial score (nSPS) is 15.1. The van der Waals surface area contributed by atoms with E-state index in [1.807, 2.05) is 6.08 Å². The Balaban J connectivity index is 3.25. The highest BCUT2D eigenvalue weighted by Gasteiger charge is 2.03. The van der Waals surface area contributed by atoms with Gasteiger partial charge in [0.25, 0.3) is 0 Å². The van der Waals surface area contributed by atoms with Crippen LogP contribution >= 0.6 is 0 Å². The maximum atomic E-state index is 3.75. The van der Waals surface area contributed by atoms with Crippen molar-refractivity contribution in [3.05, 3.63) is 12.7 Å². The predicted molar refractivity (Wildman–Crippen MR) is 66.5 cm³/mol. The Morgan fingerprint density at radius 2 is 1.57 bits per heavy atom. The first kappa shape index (κ1) is 13.7. The van der Waals surface area contributed by atoms with Gasteiger partial charge in [0, 0.05) is 0 Å². The van der Waals surface area contributed by atoms with Crippen LogP contribution in [0.2, 0.25) is 0 Å². The molecule has 0 unspecified atom stereocenters. The van der Waals surface area contributed by atoms with Crippen LogP contribution in [-0.4, -0.2) is 0 Å². The number of allylic oxidation sites excluding steroid dienone is 1. The van der Waals surface area contributed by atoms with Crippen molar-refractivity contribution >= 4 is 0 Å². The Labute approximate surface area is 90.8 Å². The predicted octanol–water partition coefficient (Wildman–Crippen LogP) is 5.20. The smallest absolute Gasteiger partial charge is 0.0353 e. The third-order valence-corrected chi connectivity index (χ3v) is 3.20. The van der Waals surface area contributed by atoms with E-state index in [4.69, 9.17) is 0 Å². The molecule has 0 bridgehead atoms. The standard InChI is InChI=1S/C14H28/c1-5-7-8-10-14(4)12-9-11-13(3)6-2/h5,13-14H,1,6-12H2,2-4H3/t13-,14-/m1/s1. The zero-order valence-corrected chi connectivity index (χ0v) is 10.4. The Hall–Kier alpha value is -0.260. The van der Waals surface area contributed by atoms with Crippen molar-refractivity contribution in [2.24, 2.45) is 11.8 Å². The van der Waals surface area contributed by atoms with Gasteiger partial charge in [0.1, 0.15) is 0 Å². The molecular formula is C14H28. The number of hydrogen-bond acceptors (Lipinski definition) is 0. The van der Waals surface area contributed by atoms with Crippen LogP contribution in [0.4, 0.5) is 0 Å². The highest BCUT2D eigenvalue weighted by Crippen LogP contribution is 2.18. The summed E-state index contributed by atoms with van der Waals surface area (Å²) in [6.45, 7) is 10.8. The van der Waals surface area contributed by atoms with Crippen LogP contribution in [-0.2, 0) is 0 Å². The maximum absolute atomic E-state index is 3.75. The molecular weight excluding hydrogens is 168 g/mol. The molecule has 0 saturated heterocycles. The monoisotopic (exact) mass is 196 g/mol. The molecule has 0 aliphatic carbocycles. The van der Waals surface area contributed by atoms with E-state index in [-0.39, 0.29) is 0 Å². The van der Waals surface area contributed by atoms with E-state index in [2.05, 4.69) is 27.4 Å². The number of hydrogen-bond donors (Lipinski definition) is 0. The minimum absolute atomic E-state index is 0.916. The van der Waals surface area contributed by atoms with Gasteiger partial charge in [-0.1, -0.05) is 59.0 Å². The third-order valence-electron chi connectivity index (χ3n) is 3.20. The molecule has 0 aromatic carbocycles. The fourth-order valence-corrected chi connectivity index (χ4v) is 1.77. The van der Waals surface area contributed by atoms with E-state index >= 15 is 0 Å². The zero-order chi connectivity index (χ0) is 10.8. The average molecular weight is 196 g/mol. The fraction of sp³-hybridized carbons (Fsp3) is 0.857. The van der Waals surface area contributed by atoms with Crippen LogP contribution in [0.15, 0.2) is 12.7 Å². The van der Waals surface area contributed by atoms with Gasteiger partial charge in [-0.05, 0) is 24.7 Å². The second-order valence-electron chi connectivity index (χ2n) is 4.77. The molecule has 0 rings (SSSR count). The number of unbranched alkanes of at least 4 members (excludes halogenated alkanes) is 1. The molecule has 0 N–H and O–H groups in total. The molecule has 0 aliphatic heterocycles. The van der Waals surface area contributed by atoms with Crippen LogP contribution in [0, 0.1) is 11.8 Å². The van der Waals surface area contributed by atoms with Gasteiger partial charge in [-0.15, -0.1) is 6.58 Å². The highest BCUT2D eigenvalue weighted by molar-refractivity contribution is 4.67. The summed E-state index contributed by atoms with van der Waals surface area (Å²) in [5, 5.41) is 0. The lowest BCUT2D eigenvalue weighted by Gasteiger charge is -2.12. The van der Waals surface area contributed by atoms with Crippen molar-refractivity contribution in [1.29, 1.82) is 0 Å². The summed E-state index contributed by atoms with van der Waals surface area (Å²) in [5.74, 6) is 1.84. The van der Waals surface area contributed by atoms with Crippen LogP contribution in [0.5, 0.6) is 0 Å². The Morgan fingerprint density at radius 3 is 2.14 bits per heavy atom. The Morgan fingerprint density at radius 1 is 1.00 bits per heavy atom. The van der Waals surface area contributed by atoms with Crippen LogP contribution < -0.4 is 0 Å². The molecule has 0 fully saturated rings. The van der Waals surface area contributed by atoms with Gasteiger partial charge in [0.05, 0.1) is 0 Å². The number of rotatable bonds is 9. The van der Waals surface area contributed by atoms with E-state index in [0.717, 1.165) is 11.8 Å². The lowest BCUT2D eigenvalue weighted by atomic mass is 9.94. The van der Waals surface area contributed by atoms with Crippen molar-refractivity contribution in [2.45, 2.75) is 65.7 Å². The maximum Gasteiger partial charge on any atom is -0.0353 e. The first-order valence-corrected chi connectivity index (χ1v) is 6.31. The van der Waals surface area contributed by atoms with Gasteiger partial charge in [-0.3, -0.25) is 0 Å². The quantitative estimate of drug-likeness (QED) is 0.351. The molecule has 0 aromatic rings. The topological polar surface area (TPSA) is 0 Å². The molecule has 0 spiro atoms. The third kappa shape index (κ3) is 8.34. The van der Waals surface area contributed by atoms with Crippen molar-refractivity contribution in [3.63, 3.8) is 0 Å². The van der Waals surface area contributed by atoms with Gasteiger partial charge >= 0.3 is 0 Å². The molecule has 14 heavy (non-hydrogen) atoms. The van der Waals surface area contributed by atoms with Gasteiger partial charge in [0.15, 0.2) is 0 Å². The summed E-state index contributed by atoms with van der Waals surface area (Å²) in [4.78, 5) is 0. The molecule has 0 nitrogen and oxygen atoms in total. The summed E-state index contributed by atoms with van der Waals surface area (Å²) in [5.41, 5.74) is 0. The van der Waals surface area contributed by atoms with Crippen molar-refractivity contribution in [1.82, 2.24) is 0 Å². The summed E-state index contributed by atoms with van der Waals surface area (Å²) < 4.78 is 0. The molecule has 0 heterocycles. The fourth-order valence-electron chi connectivity index (χ4n) is 1.77. The van der Waals surface area contributed by atoms with E-state index in [0.29, 0.717) is 0 Å². The van der Waals surface area contributed by atoms with Gasteiger partial charge < -0.3 is 0 Å². The summed E-state index contributed by atoms with van der Waals surface area (Å²) in [6, 6.07) is 0. The van der Waals surface area contributed by atoms with Crippen molar-refractivity contribution in [3.8, 4) is 0 Å². The van der Waals surface area contributed by atoms with Crippen molar-refractivity contribution in [2.75, 3.05) is 0 Å². The SMILES string of the molecule is C=CCCC[C@@H](C)CCC[C@H](C)CC. The average Bonchev–Trinajstić information content (AvgIpc) is 2.18. The molecule has 2 atom stereocenters. The van der Waals surface area contributed by atoms with Crippen LogP contribution in [0.1, 0.15) is 65.7 Å². The lowest BCUT2D eigenvalue weighted by Crippen LogP contribution is -1.97. The summed E-state index contributed by atoms with van der Waals surface area (Å²) in [7, 11) is 0. The van der Waals surface area contributed by atoms with Crippen LogP contribution in [0.3, 0.4) is 0 Å². The summed E-state index contributed by atoms with van der Waals surface area (Å²) in [6.07, 6.45) is 11.5.